The molecule has 4 aromatic rings. The molecule has 0 saturated heterocycles. The second kappa shape index (κ2) is 9.94. The molecule has 35 heavy (non-hydrogen) atoms. The smallest absolute Gasteiger partial charge is 0.267 e. The molecule has 0 saturated carbocycles. The fourth-order valence-electron chi connectivity index (χ4n) is 5.30. The molecule has 0 radical (unpaired) electrons. The average Bonchev–Trinajstić information content (AvgIpc) is 3.58. The molecule has 4 N–H and O–H groups in total. The van der Waals surface area contributed by atoms with E-state index >= 15 is 0 Å². The first kappa shape index (κ1) is 23.1. The number of carbonyl (C=O) groups is 1. The van der Waals surface area contributed by atoms with Gasteiger partial charge in [-0.3, -0.25) is 14.9 Å². The molecule has 1 aliphatic carbocycles. The largest absolute Gasteiger partial charge is 0.365 e. The van der Waals surface area contributed by atoms with Gasteiger partial charge in [0.2, 0.25) is 0 Å². The zero-order valence-electron chi connectivity index (χ0n) is 20.3. The predicted octanol–water partition coefficient (Wildman–Crippen LogP) is 5.36. The number of hydroxylamine groups is 1. The fourth-order valence-corrected chi connectivity index (χ4v) is 5.30. The Morgan fingerprint density at radius 3 is 2.83 bits per heavy atom. The van der Waals surface area contributed by atoms with Crippen LogP contribution in [0.4, 0.5) is 0 Å². The maximum atomic E-state index is 11.3. The van der Waals surface area contributed by atoms with Crippen molar-refractivity contribution >= 4 is 22.9 Å². The van der Waals surface area contributed by atoms with Crippen molar-refractivity contribution in [1.82, 2.24) is 20.3 Å². The summed E-state index contributed by atoms with van der Waals surface area (Å²) in [6.07, 6.45) is 10.3. The van der Waals surface area contributed by atoms with Crippen LogP contribution in [0.5, 0.6) is 0 Å². The maximum Gasteiger partial charge on any atom is 0.267 e. The van der Waals surface area contributed by atoms with Crippen molar-refractivity contribution in [1.29, 1.82) is 0 Å². The van der Waals surface area contributed by atoms with Crippen LogP contribution in [0.1, 0.15) is 51.5 Å². The highest BCUT2D eigenvalue weighted by Crippen LogP contribution is 2.38. The Labute approximate surface area is 205 Å². The van der Waals surface area contributed by atoms with Crippen LogP contribution in [-0.2, 0) is 24.2 Å². The zero-order chi connectivity index (χ0) is 24.4. The lowest BCUT2D eigenvalue weighted by molar-refractivity contribution is -0.124. The molecule has 6 nitrogen and oxygen atoms in total. The lowest BCUT2D eigenvalue weighted by Gasteiger charge is -2.30. The quantitative estimate of drug-likeness (QED) is 0.159. The van der Waals surface area contributed by atoms with Gasteiger partial charge in [0.1, 0.15) is 0 Å². The summed E-state index contributed by atoms with van der Waals surface area (Å²) >= 11 is 0. The van der Waals surface area contributed by atoms with Crippen molar-refractivity contribution < 1.29 is 10.0 Å². The number of amides is 1. The number of carbonyl (C=O) groups excluding carboxylic acids is 1. The van der Waals surface area contributed by atoms with Gasteiger partial charge in [0, 0.05) is 54.2 Å². The molecular formula is C29H32N4O2. The number of rotatable bonds is 8. The summed E-state index contributed by atoms with van der Waals surface area (Å²) in [7, 11) is 0. The number of aromatic amines is 2. The summed E-state index contributed by atoms with van der Waals surface area (Å²) in [5.74, 6) is -0.524. The summed E-state index contributed by atoms with van der Waals surface area (Å²) in [4.78, 5) is 20.7. The second-order valence-electron chi connectivity index (χ2n) is 9.53. The molecule has 6 heteroatoms. The molecule has 180 valence electrons. The molecule has 0 spiro atoms. The van der Waals surface area contributed by atoms with E-state index < -0.39 is 5.91 Å². The highest BCUT2D eigenvalue weighted by molar-refractivity contribution is 5.90. The average molecular weight is 469 g/mol. The Bertz CT molecular complexity index is 1380. The van der Waals surface area contributed by atoms with Gasteiger partial charge in [-0.25, -0.2) is 5.48 Å². The Balaban J connectivity index is 1.39. The van der Waals surface area contributed by atoms with E-state index in [2.05, 4.69) is 77.4 Å². The molecule has 5 rings (SSSR count). The van der Waals surface area contributed by atoms with E-state index in [1.54, 1.807) is 11.6 Å². The van der Waals surface area contributed by atoms with Crippen LogP contribution >= 0.6 is 0 Å². The number of nitrogens with one attached hydrogen (secondary N) is 3. The minimum atomic E-state index is -0.524. The van der Waals surface area contributed by atoms with Gasteiger partial charge in [0.15, 0.2) is 0 Å². The fraction of sp³-hybridized carbons (Fsp3) is 0.276. The summed E-state index contributed by atoms with van der Waals surface area (Å²) in [6, 6.07) is 15.6. The van der Waals surface area contributed by atoms with Gasteiger partial charge in [0.05, 0.1) is 0 Å². The summed E-state index contributed by atoms with van der Waals surface area (Å²) in [5.41, 5.74) is 11.7. The summed E-state index contributed by atoms with van der Waals surface area (Å²) in [5, 5.41) is 10.0. The van der Waals surface area contributed by atoms with Crippen LogP contribution in [0.3, 0.4) is 0 Å². The molecule has 1 aliphatic rings. The van der Waals surface area contributed by atoms with Crippen molar-refractivity contribution in [2.45, 2.75) is 45.7 Å². The van der Waals surface area contributed by atoms with Crippen molar-refractivity contribution in [3.63, 3.8) is 0 Å². The molecule has 2 aromatic heterocycles. The molecular weight excluding hydrogens is 436 g/mol. The number of nitrogens with zero attached hydrogens (tertiary/aromatic N) is 1. The first-order valence-electron chi connectivity index (χ1n) is 12.2. The minimum Gasteiger partial charge on any atom is -0.365 e. The standard InChI is InChI=1S/C29H32N4O2/c1-19-3-7-25-23(17-31-27(25)15-19)12-14-33(18-24-11-13-30-20(24)2)28-9-6-22-16-21(4-8-26(22)28)5-10-29(34)32-35/h3-5,7-8,10-11,13,15-17,28,30-31,35H,6,9,12,14,18H2,1-2H3,(H,32,34)/b10-5+. The van der Waals surface area contributed by atoms with Crippen molar-refractivity contribution in [2.24, 2.45) is 0 Å². The minimum absolute atomic E-state index is 0.352. The van der Waals surface area contributed by atoms with Crippen LogP contribution in [0, 0.1) is 13.8 Å². The molecule has 0 aliphatic heterocycles. The molecule has 1 unspecified atom stereocenters. The normalized spacial score (nSPS) is 15.4. The van der Waals surface area contributed by atoms with E-state index in [0.717, 1.165) is 37.9 Å². The van der Waals surface area contributed by atoms with E-state index in [0.29, 0.717) is 6.04 Å². The van der Waals surface area contributed by atoms with Gasteiger partial charge in [-0.15, -0.1) is 0 Å². The van der Waals surface area contributed by atoms with Gasteiger partial charge in [-0.1, -0.05) is 30.3 Å². The highest BCUT2D eigenvalue weighted by Gasteiger charge is 2.28. The third-order valence-electron chi connectivity index (χ3n) is 7.22. The molecule has 0 bridgehead atoms. The van der Waals surface area contributed by atoms with Gasteiger partial charge in [-0.05, 0) is 84.7 Å². The Kier molecular flexibility index (Phi) is 6.57. The van der Waals surface area contributed by atoms with Crippen molar-refractivity contribution in [3.05, 3.63) is 100 Å². The van der Waals surface area contributed by atoms with E-state index in [1.807, 2.05) is 6.20 Å². The number of hydrogen-bond donors (Lipinski definition) is 4. The lowest BCUT2D eigenvalue weighted by Crippen LogP contribution is -2.29. The SMILES string of the molecule is Cc1ccc2c(CCN(Cc3cc[nH]c3C)C3CCc4cc(/C=C/C(=O)NO)ccc43)c[nH]c2c1. The number of aryl methyl sites for hydroxylation is 3. The molecule has 2 heterocycles. The van der Waals surface area contributed by atoms with E-state index in [1.165, 1.54) is 50.5 Å². The first-order valence-corrected chi connectivity index (χ1v) is 12.2. The van der Waals surface area contributed by atoms with E-state index in [4.69, 9.17) is 5.21 Å². The third kappa shape index (κ3) is 4.94. The summed E-state index contributed by atoms with van der Waals surface area (Å²) < 4.78 is 0. The van der Waals surface area contributed by atoms with Gasteiger partial charge >= 0.3 is 0 Å². The van der Waals surface area contributed by atoms with Crippen LogP contribution in [0.25, 0.3) is 17.0 Å². The third-order valence-corrected chi connectivity index (χ3v) is 7.22. The number of benzene rings is 2. The van der Waals surface area contributed by atoms with Crippen LogP contribution in [0.2, 0.25) is 0 Å². The van der Waals surface area contributed by atoms with E-state index in [9.17, 15) is 4.79 Å². The van der Waals surface area contributed by atoms with Crippen LogP contribution in [0.15, 0.2) is 60.9 Å². The van der Waals surface area contributed by atoms with E-state index in [-0.39, 0.29) is 0 Å². The highest BCUT2D eigenvalue weighted by atomic mass is 16.5. The zero-order valence-corrected chi connectivity index (χ0v) is 20.3. The maximum absolute atomic E-state index is 11.3. The lowest BCUT2D eigenvalue weighted by atomic mass is 10.0. The Morgan fingerprint density at radius 2 is 2.03 bits per heavy atom. The summed E-state index contributed by atoms with van der Waals surface area (Å²) in [6.45, 7) is 6.13. The topological polar surface area (TPSA) is 84.2 Å². The predicted molar refractivity (Wildman–Crippen MR) is 139 cm³/mol. The Hall–Kier alpha value is -3.61. The van der Waals surface area contributed by atoms with Gasteiger partial charge < -0.3 is 9.97 Å². The number of aromatic nitrogens is 2. The van der Waals surface area contributed by atoms with Crippen LogP contribution < -0.4 is 5.48 Å². The number of fused-ring (bicyclic) bond motifs is 2. The molecule has 2 aromatic carbocycles. The van der Waals surface area contributed by atoms with Gasteiger partial charge in [0.25, 0.3) is 5.91 Å². The second-order valence-corrected chi connectivity index (χ2v) is 9.53. The van der Waals surface area contributed by atoms with Gasteiger partial charge in [-0.2, -0.15) is 0 Å². The first-order chi connectivity index (χ1) is 17.0. The molecule has 1 atom stereocenters. The monoisotopic (exact) mass is 468 g/mol. The Morgan fingerprint density at radius 1 is 1.14 bits per heavy atom. The van der Waals surface area contributed by atoms with Crippen molar-refractivity contribution in [2.75, 3.05) is 6.54 Å². The van der Waals surface area contributed by atoms with Crippen LogP contribution in [-0.4, -0.2) is 32.5 Å². The number of hydrogen-bond acceptors (Lipinski definition) is 3. The number of H-pyrrole nitrogens is 2. The molecule has 1 amide bonds. The van der Waals surface area contributed by atoms with Crippen molar-refractivity contribution in [3.8, 4) is 0 Å². The molecule has 0 fully saturated rings.